The van der Waals surface area contributed by atoms with E-state index in [-0.39, 0.29) is 11.9 Å². The third-order valence-electron chi connectivity index (χ3n) is 4.82. The highest BCUT2D eigenvalue weighted by atomic mass is 16.5. The Morgan fingerprint density at radius 3 is 2.28 bits per heavy atom. The fraction of sp³-hybridized carbons (Fsp3) is 0.783. The second-order valence-electron chi connectivity index (χ2n) is 7.64. The number of allylic oxidation sites excluding steroid dienone is 4. The maximum atomic E-state index is 12.5. The molecule has 0 amide bonds. The predicted octanol–water partition coefficient (Wildman–Crippen LogP) is 7.25. The van der Waals surface area contributed by atoms with Crippen molar-refractivity contribution < 1.29 is 9.53 Å². The Hall–Kier alpha value is -1.05. The molecule has 0 aromatic carbocycles. The fourth-order valence-corrected chi connectivity index (χ4v) is 2.93. The fourth-order valence-electron chi connectivity index (χ4n) is 2.93. The van der Waals surface area contributed by atoms with Crippen molar-refractivity contribution >= 4 is 5.97 Å². The first-order valence-corrected chi connectivity index (χ1v) is 10.4. The van der Waals surface area contributed by atoms with E-state index in [1.165, 1.54) is 30.4 Å². The molecule has 0 N–H and O–H groups in total. The average Bonchev–Trinajstić information content (AvgIpc) is 2.58. The lowest BCUT2D eigenvalue weighted by atomic mass is 9.97. The summed E-state index contributed by atoms with van der Waals surface area (Å²) in [6, 6.07) is 0. The van der Waals surface area contributed by atoms with Crippen LogP contribution in [-0.2, 0) is 9.53 Å². The van der Waals surface area contributed by atoms with Crippen molar-refractivity contribution in [2.45, 2.75) is 99.3 Å². The molecular weight excluding hydrogens is 308 g/mol. The molecule has 2 unspecified atom stereocenters. The van der Waals surface area contributed by atoms with Gasteiger partial charge in [0, 0.05) is 0 Å². The minimum Gasteiger partial charge on any atom is -0.465 e. The lowest BCUT2D eigenvalue weighted by Gasteiger charge is -2.18. The van der Waals surface area contributed by atoms with Crippen molar-refractivity contribution in [2.75, 3.05) is 6.61 Å². The second kappa shape index (κ2) is 15.2. The van der Waals surface area contributed by atoms with Crippen molar-refractivity contribution in [3.63, 3.8) is 0 Å². The van der Waals surface area contributed by atoms with Crippen LogP contribution in [0.5, 0.6) is 0 Å². The lowest BCUT2D eigenvalue weighted by molar-refractivity contribution is -0.150. The van der Waals surface area contributed by atoms with E-state index in [9.17, 15) is 4.79 Å². The number of esters is 1. The number of carbonyl (C=O) groups excluding carboxylic acids is 1. The molecule has 25 heavy (non-hydrogen) atoms. The summed E-state index contributed by atoms with van der Waals surface area (Å²) < 4.78 is 5.67. The zero-order valence-corrected chi connectivity index (χ0v) is 17.7. The molecule has 2 atom stereocenters. The van der Waals surface area contributed by atoms with Crippen LogP contribution in [0.15, 0.2) is 23.3 Å². The van der Waals surface area contributed by atoms with Crippen LogP contribution < -0.4 is 0 Å². The van der Waals surface area contributed by atoms with Gasteiger partial charge in [0.15, 0.2) is 0 Å². The highest BCUT2D eigenvalue weighted by molar-refractivity contribution is 5.72. The minimum absolute atomic E-state index is 0.00477. The van der Waals surface area contributed by atoms with E-state index >= 15 is 0 Å². The normalized spacial score (nSPS) is 14.1. The molecule has 0 saturated heterocycles. The van der Waals surface area contributed by atoms with Gasteiger partial charge in [0.05, 0.1) is 12.5 Å². The smallest absolute Gasteiger partial charge is 0.309 e. The van der Waals surface area contributed by atoms with Gasteiger partial charge in [-0.2, -0.15) is 0 Å². The van der Waals surface area contributed by atoms with E-state index < -0.39 is 0 Å². The largest absolute Gasteiger partial charge is 0.465 e. The Kier molecular flexibility index (Phi) is 14.6. The first-order chi connectivity index (χ1) is 11.9. The van der Waals surface area contributed by atoms with Crippen LogP contribution in [0.2, 0.25) is 0 Å². The van der Waals surface area contributed by atoms with Gasteiger partial charge in [-0.1, -0.05) is 69.8 Å². The van der Waals surface area contributed by atoms with Gasteiger partial charge < -0.3 is 4.74 Å². The number of hydrogen-bond donors (Lipinski definition) is 0. The van der Waals surface area contributed by atoms with Crippen LogP contribution in [0, 0.1) is 11.8 Å². The molecule has 0 aromatic heterocycles. The topological polar surface area (TPSA) is 26.3 Å². The SMILES string of the molecule is CCCCC(CC)COC(=O)C(C/C=C(\C)CCC=C(C)C)CCC. The van der Waals surface area contributed by atoms with Gasteiger partial charge in [0.25, 0.3) is 0 Å². The maximum Gasteiger partial charge on any atom is 0.309 e. The van der Waals surface area contributed by atoms with Gasteiger partial charge in [-0.15, -0.1) is 0 Å². The summed E-state index contributed by atoms with van der Waals surface area (Å²) >= 11 is 0. The van der Waals surface area contributed by atoms with Crippen LogP contribution in [0.4, 0.5) is 0 Å². The maximum absolute atomic E-state index is 12.5. The van der Waals surface area contributed by atoms with Crippen molar-refractivity contribution in [1.82, 2.24) is 0 Å². The molecule has 0 aromatic rings. The van der Waals surface area contributed by atoms with Gasteiger partial charge in [0.2, 0.25) is 0 Å². The molecule has 0 bridgehead atoms. The zero-order chi connectivity index (χ0) is 19.1. The molecule has 146 valence electrons. The van der Waals surface area contributed by atoms with E-state index in [1.807, 2.05) is 0 Å². The highest BCUT2D eigenvalue weighted by Crippen LogP contribution is 2.19. The molecule has 0 fully saturated rings. The molecule has 0 heterocycles. The van der Waals surface area contributed by atoms with Crippen molar-refractivity contribution in [2.24, 2.45) is 11.8 Å². The predicted molar refractivity (Wildman–Crippen MR) is 110 cm³/mol. The lowest BCUT2D eigenvalue weighted by Crippen LogP contribution is -2.21. The van der Waals surface area contributed by atoms with Gasteiger partial charge in [-0.3, -0.25) is 4.79 Å². The van der Waals surface area contributed by atoms with Gasteiger partial charge >= 0.3 is 5.97 Å². The standard InChI is InChI=1S/C23H42O2/c1-7-10-15-21(9-3)18-25-23(24)22(12-8-2)17-16-20(6)14-11-13-19(4)5/h13,16,21-22H,7-12,14-15,17-18H2,1-6H3/b20-16+. The number of unbranched alkanes of at least 4 members (excludes halogenated alkanes) is 1. The number of rotatable bonds is 14. The third kappa shape index (κ3) is 12.9. The Labute approximate surface area is 157 Å². The summed E-state index contributed by atoms with van der Waals surface area (Å²) in [5.74, 6) is 0.546. The van der Waals surface area contributed by atoms with Crippen LogP contribution in [-0.4, -0.2) is 12.6 Å². The molecule has 0 aliphatic rings. The summed E-state index contributed by atoms with van der Waals surface area (Å²) in [7, 11) is 0. The Bertz CT molecular complexity index is 402. The van der Waals surface area contributed by atoms with E-state index in [0.29, 0.717) is 12.5 Å². The Morgan fingerprint density at radius 2 is 1.72 bits per heavy atom. The first-order valence-electron chi connectivity index (χ1n) is 10.4. The van der Waals surface area contributed by atoms with E-state index in [4.69, 9.17) is 4.74 Å². The van der Waals surface area contributed by atoms with E-state index in [2.05, 4.69) is 53.7 Å². The summed E-state index contributed by atoms with van der Waals surface area (Å²) in [6.07, 6.45) is 14.1. The molecule has 0 radical (unpaired) electrons. The molecule has 2 heteroatoms. The van der Waals surface area contributed by atoms with Crippen molar-refractivity contribution in [3.8, 4) is 0 Å². The van der Waals surface area contributed by atoms with Gasteiger partial charge in [0.1, 0.15) is 0 Å². The van der Waals surface area contributed by atoms with Crippen molar-refractivity contribution in [1.29, 1.82) is 0 Å². The van der Waals surface area contributed by atoms with E-state index in [0.717, 1.165) is 38.5 Å². The molecule has 0 rings (SSSR count). The molecule has 0 saturated carbocycles. The third-order valence-corrected chi connectivity index (χ3v) is 4.82. The van der Waals surface area contributed by atoms with Crippen LogP contribution >= 0.6 is 0 Å². The number of carbonyl (C=O) groups is 1. The summed E-state index contributed by atoms with van der Waals surface area (Å²) in [5.41, 5.74) is 2.74. The van der Waals surface area contributed by atoms with Gasteiger partial charge in [-0.05, 0) is 58.8 Å². The monoisotopic (exact) mass is 350 g/mol. The highest BCUT2D eigenvalue weighted by Gasteiger charge is 2.19. The summed E-state index contributed by atoms with van der Waals surface area (Å²) in [5, 5.41) is 0. The molecule has 0 aliphatic carbocycles. The van der Waals surface area contributed by atoms with Crippen LogP contribution in [0.25, 0.3) is 0 Å². The number of hydrogen-bond acceptors (Lipinski definition) is 2. The molecule has 0 aliphatic heterocycles. The zero-order valence-electron chi connectivity index (χ0n) is 17.7. The summed E-state index contributed by atoms with van der Waals surface area (Å²) in [4.78, 5) is 12.5. The van der Waals surface area contributed by atoms with Crippen LogP contribution in [0.1, 0.15) is 99.3 Å². The molecular formula is C23H42O2. The quantitative estimate of drug-likeness (QED) is 0.244. The molecule has 0 spiro atoms. The Morgan fingerprint density at radius 1 is 1.00 bits per heavy atom. The van der Waals surface area contributed by atoms with E-state index in [1.54, 1.807) is 0 Å². The average molecular weight is 351 g/mol. The van der Waals surface area contributed by atoms with Gasteiger partial charge in [-0.25, -0.2) is 0 Å². The second-order valence-corrected chi connectivity index (χ2v) is 7.64. The number of ether oxygens (including phenoxy) is 1. The van der Waals surface area contributed by atoms with Crippen molar-refractivity contribution in [3.05, 3.63) is 23.3 Å². The van der Waals surface area contributed by atoms with Crippen LogP contribution in [0.3, 0.4) is 0 Å². The molecule has 2 nitrogen and oxygen atoms in total. The Balaban J connectivity index is 4.45. The minimum atomic E-state index is 0.00477. The first kappa shape index (κ1) is 23.9. The summed E-state index contributed by atoms with van der Waals surface area (Å²) in [6.45, 7) is 13.6.